The van der Waals surface area contributed by atoms with Gasteiger partial charge in [0.1, 0.15) is 5.75 Å². The minimum Gasteiger partial charge on any atom is -0.483 e. The van der Waals surface area contributed by atoms with E-state index in [-0.39, 0.29) is 19.1 Å². The predicted molar refractivity (Wildman–Crippen MR) is 90.0 cm³/mol. The first kappa shape index (κ1) is 16.5. The molecule has 0 bridgehead atoms. The number of ether oxygens (including phenoxy) is 1. The maximum Gasteiger partial charge on any atom is 0.262 e. The lowest BCUT2D eigenvalue weighted by molar-refractivity contribution is -0.118. The molecule has 1 amide bonds. The zero-order valence-corrected chi connectivity index (χ0v) is 13.9. The van der Waals surface area contributed by atoms with Gasteiger partial charge in [0.05, 0.1) is 6.61 Å². The summed E-state index contributed by atoms with van der Waals surface area (Å²) in [6, 6.07) is 13.0. The molecule has 4 nitrogen and oxygen atoms in total. The molecular formula is C17H18BrNO3. The van der Waals surface area contributed by atoms with Gasteiger partial charge in [0, 0.05) is 15.7 Å². The molecule has 0 spiro atoms. The number of nitrogens with one attached hydrogen (secondary N) is 1. The van der Waals surface area contributed by atoms with E-state index < -0.39 is 0 Å². The first-order valence-corrected chi connectivity index (χ1v) is 7.82. The number of anilines is 1. The summed E-state index contributed by atoms with van der Waals surface area (Å²) in [6.45, 7) is 1.81. The van der Waals surface area contributed by atoms with Gasteiger partial charge >= 0.3 is 0 Å². The van der Waals surface area contributed by atoms with Gasteiger partial charge in [-0.15, -0.1) is 0 Å². The molecule has 0 heterocycles. The van der Waals surface area contributed by atoms with E-state index in [1.54, 1.807) is 18.2 Å². The Morgan fingerprint density at radius 1 is 1.27 bits per heavy atom. The normalized spacial score (nSPS) is 10.3. The largest absolute Gasteiger partial charge is 0.483 e. The molecule has 2 aromatic carbocycles. The quantitative estimate of drug-likeness (QED) is 0.825. The van der Waals surface area contributed by atoms with Crippen molar-refractivity contribution in [1.29, 1.82) is 0 Å². The predicted octanol–water partition coefficient (Wildman–Crippen LogP) is 3.52. The van der Waals surface area contributed by atoms with Gasteiger partial charge in [-0.1, -0.05) is 35.0 Å². The summed E-state index contributed by atoms with van der Waals surface area (Å²) < 4.78 is 6.33. The number of carbonyl (C=O) groups excluding carboxylic acids is 1. The third-order valence-electron chi connectivity index (χ3n) is 3.17. The van der Waals surface area contributed by atoms with Crippen LogP contribution in [0.5, 0.6) is 5.75 Å². The van der Waals surface area contributed by atoms with E-state index in [9.17, 15) is 9.90 Å². The van der Waals surface area contributed by atoms with Crippen molar-refractivity contribution >= 4 is 27.5 Å². The average molecular weight is 364 g/mol. The number of halogens is 1. The Labute approximate surface area is 138 Å². The van der Waals surface area contributed by atoms with Crippen LogP contribution in [0.2, 0.25) is 0 Å². The maximum absolute atomic E-state index is 11.9. The van der Waals surface area contributed by atoms with Crippen LogP contribution < -0.4 is 10.1 Å². The van der Waals surface area contributed by atoms with Crippen LogP contribution in [-0.4, -0.2) is 17.6 Å². The second-order valence-corrected chi connectivity index (χ2v) is 5.72. The van der Waals surface area contributed by atoms with Gasteiger partial charge in [-0.25, -0.2) is 0 Å². The van der Waals surface area contributed by atoms with E-state index in [0.717, 1.165) is 22.1 Å². The number of carbonyl (C=O) groups is 1. The van der Waals surface area contributed by atoms with Crippen LogP contribution in [0, 0.1) is 0 Å². The standard InChI is InChI=1S/C17H18BrNO3/c1-2-12-4-3-5-15(8-12)19-17(21)11-22-16-7-6-14(18)9-13(16)10-20/h3-9,20H,2,10-11H2,1H3,(H,19,21). The molecule has 2 N–H and O–H groups in total. The van der Waals surface area contributed by atoms with Gasteiger partial charge in [0.25, 0.3) is 5.91 Å². The lowest BCUT2D eigenvalue weighted by Gasteiger charge is -2.11. The summed E-state index contributed by atoms with van der Waals surface area (Å²) >= 11 is 3.33. The van der Waals surface area contributed by atoms with E-state index in [1.165, 1.54) is 0 Å². The number of amides is 1. The highest BCUT2D eigenvalue weighted by Gasteiger charge is 2.08. The Bertz CT molecular complexity index is 658. The van der Waals surface area contributed by atoms with E-state index in [4.69, 9.17) is 4.74 Å². The second kappa shape index (κ2) is 7.96. The van der Waals surface area contributed by atoms with E-state index in [0.29, 0.717) is 11.3 Å². The molecular weight excluding hydrogens is 346 g/mol. The average Bonchev–Trinajstić information content (AvgIpc) is 2.53. The summed E-state index contributed by atoms with van der Waals surface area (Å²) in [7, 11) is 0. The lowest BCUT2D eigenvalue weighted by Crippen LogP contribution is -2.20. The fourth-order valence-corrected chi connectivity index (χ4v) is 2.43. The first-order valence-electron chi connectivity index (χ1n) is 7.03. The molecule has 2 rings (SSSR count). The van der Waals surface area contributed by atoms with Crippen molar-refractivity contribution in [3.63, 3.8) is 0 Å². The molecule has 0 unspecified atom stereocenters. The number of aliphatic hydroxyl groups is 1. The van der Waals surface area contributed by atoms with Gasteiger partial charge in [-0.2, -0.15) is 0 Å². The SMILES string of the molecule is CCc1cccc(NC(=O)COc2ccc(Br)cc2CO)c1. The second-order valence-electron chi connectivity index (χ2n) is 4.80. The summed E-state index contributed by atoms with van der Waals surface area (Å²) in [4.78, 5) is 11.9. The van der Waals surface area contributed by atoms with Crippen molar-refractivity contribution in [2.75, 3.05) is 11.9 Å². The number of hydrogen-bond donors (Lipinski definition) is 2. The van der Waals surface area contributed by atoms with Gasteiger partial charge in [0.15, 0.2) is 6.61 Å². The first-order chi connectivity index (χ1) is 10.6. The molecule has 0 aliphatic rings. The molecule has 2 aromatic rings. The van der Waals surface area contributed by atoms with Crippen LogP contribution in [0.3, 0.4) is 0 Å². The summed E-state index contributed by atoms with van der Waals surface area (Å²) in [6.07, 6.45) is 0.916. The number of rotatable bonds is 6. The van der Waals surface area contributed by atoms with Crippen molar-refractivity contribution in [3.05, 3.63) is 58.1 Å². The Morgan fingerprint density at radius 2 is 2.09 bits per heavy atom. The monoisotopic (exact) mass is 363 g/mol. The van der Waals surface area contributed by atoms with Crippen LogP contribution in [-0.2, 0) is 17.8 Å². The molecule has 22 heavy (non-hydrogen) atoms. The van der Waals surface area contributed by atoms with Crippen molar-refractivity contribution in [3.8, 4) is 5.75 Å². The lowest BCUT2D eigenvalue weighted by atomic mass is 10.1. The Hall–Kier alpha value is -1.85. The fraction of sp³-hybridized carbons (Fsp3) is 0.235. The number of hydrogen-bond acceptors (Lipinski definition) is 3. The summed E-state index contributed by atoms with van der Waals surface area (Å²) in [5, 5.41) is 12.1. The molecule has 0 fully saturated rings. The molecule has 5 heteroatoms. The molecule has 0 radical (unpaired) electrons. The van der Waals surface area contributed by atoms with E-state index >= 15 is 0 Å². The minimum atomic E-state index is -0.236. The Morgan fingerprint density at radius 3 is 2.82 bits per heavy atom. The van der Waals surface area contributed by atoms with E-state index in [2.05, 4.69) is 28.2 Å². The highest BCUT2D eigenvalue weighted by Crippen LogP contribution is 2.23. The Balaban J connectivity index is 1.95. The molecule has 0 aliphatic carbocycles. The molecule has 0 saturated carbocycles. The van der Waals surface area contributed by atoms with Crippen LogP contribution in [0.4, 0.5) is 5.69 Å². The zero-order chi connectivity index (χ0) is 15.9. The Kier molecular flexibility index (Phi) is 5.98. The molecule has 0 atom stereocenters. The molecule has 0 saturated heterocycles. The van der Waals surface area contributed by atoms with Gasteiger partial charge in [-0.05, 0) is 42.3 Å². The third-order valence-corrected chi connectivity index (χ3v) is 3.66. The zero-order valence-electron chi connectivity index (χ0n) is 12.3. The van der Waals surface area contributed by atoms with Crippen LogP contribution in [0.25, 0.3) is 0 Å². The van der Waals surface area contributed by atoms with Crippen molar-refractivity contribution < 1.29 is 14.6 Å². The highest BCUT2D eigenvalue weighted by atomic mass is 79.9. The highest BCUT2D eigenvalue weighted by molar-refractivity contribution is 9.10. The number of aryl methyl sites for hydroxylation is 1. The van der Waals surface area contributed by atoms with Crippen LogP contribution in [0.15, 0.2) is 46.9 Å². The summed E-state index contributed by atoms with van der Waals surface area (Å²) in [5.41, 5.74) is 2.55. The van der Waals surface area contributed by atoms with Crippen LogP contribution >= 0.6 is 15.9 Å². The minimum absolute atomic E-state index is 0.106. The van der Waals surface area contributed by atoms with Crippen molar-refractivity contribution in [1.82, 2.24) is 0 Å². The topological polar surface area (TPSA) is 58.6 Å². The van der Waals surface area contributed by atoms with Crippen molar-refractivity contribution in [2.24, 2.45) is 0 Å². The number of benzene rings is 2. The van der Waals surface area contributed by atoms with Gasteiger partial charge < -0.3 is 15.2 Å². The number of aliphatic hydroxyl groups excluding tert-OH is 1. The van der Waals surface area contributed by atoms with Gasteiger partial charge in [0.2, 0.25) is 0 Å². The molecule has 0 aromatic heterocycles. The van der Waals surface area contributed by atoms with Crippen LogP contribution in [0.1, 0.15) is 18.1 Å². The van der Waals surface area contributed by atoms with Gasteiger partial charge in [-0.3, -0.25) is 4.79 Å². The fourth-order valence-electron chi connectivity index (χ4n) is 2.02. The van der Waals surface area contributed by atoms with E-state index in [1.807, 2.05) is 24.3 Å². The van der Waals surface area contributed by atoms with Crippen molar-refractivity contribution in [2.45, 2.75) is 20.0 Å². The maximum atomic E-state index is 11.9. The molecule has 116 valence electrons. The molecule has 0 aliphatic heterocycles. The third kappa shape index (κ3) is 4.58. The summed E-state index contributed by atoms with van der Waals surface area (Å²) in [5.74, 6) is 0.267. The smallest absolute Gasteiger partial charge is 0.262 e.